The molecule has 0 aliphatic carbocycles. The fourth-order valence-electron chi connectivity index (χ4n) is 2.61. The average Bonchev–Trinajstić information content (AvgIpc) is 3.00. The molecule has 6 nitrogen and oxygen atoms in total. The van der Waals surface area contributed by atoms with E-state index in [2.05, 4.69) is 5.32 Å². The number of likely N-dealkylation sites (tertiary alicyclic amines) is 1. The smallest absolute Gasteiger partial charge is 0.307 e. The highest BCUT2D eigenvalue weighted by molar-refractivity contribution is 5.85. The number of ether oxygens (including phenoxy) is 1. The molecule has 1 aliphatic heterocycles. The minimum Gasteiger partial charge on any atom is -0.481 e. The van der Waals surface area contributed by atoms with E-state index in [0.717, 1.165) is 11.1 Å². The standard InChI is InChI=1S/C17H24N2O4.ClH/c1-2-23-12-14-5-3-13(4-6-14)9-18-16(20)11-19-8-7-15(10-19)17(21)22;/h3-6,15H,2,7-12H2,1H3,(H,18,20)(H,21,22);1H. The number of rotatable bonds is 8. The summed E-state index contributed by atoms with van der Waals surface area (Å²) < 4.78 is 5.34. The third-order valence-corrected chi connectivity index (χ3v) is 3.97. The predicted molar refractivity (Wildman–Crippen MR) is 93.0 cm³/mol. The molecule has 0 saturated carbocycles. The number of carbonyl (C=O) groups excluding carboxylic acids is 1. The molecule has 2 N–H and O–H groups in total. The topological polar surface area (TPSA) is 78.9 Å². The second kappa shape index (κ2) is 10.3. The Kier molecular flexibility index (Phi) is 8.74. The fourth-order valence-corrected chi connectivity index (χ4v) is 2.61. The summed E-state index contributed by atoms with van der Waals surface area (Å²) in [5, 5.41) is 11.8. The monoisotopic (exact) mass is 356 g/mol. The zero-order valence-electron chi connectivity index (χ0n) is 13.9. The van der Waals surface area contributed by atoms with Crippen molar-refractivity contribution in [2.75, 3.05) is 26.2 Å². The normalized spacial score (nSPS) is 17.3. The highest BCUT2D eigenvalue weighted by Crippen LogP contribution is 2.15. The van der Waals surface area contributed by atoms with Gasteiger partial charge in [0.2, 0.25) is 5.91 Å². The largest absolute Gasteiger partial charge is 0.481 e. The average molecular weight is 357 g/mol. The first-order chi connectivity index (χ1) is 11.1. The number of aliphatic carboxylic acids is 1. The Morgan fingerprint density at radius 1 is 1.29 bits per heavy atom. The van der Waals surface area contributed by atoms with Crippen LogP contribution in [-0.2, 0) is 27.5 Å². The second-order valence-corrected chi connectivity index (χ2v) is 5.79. The van der Waals surface area contributed by atoms with E-state index < -0.39 is 5.97 Å². The van der Waals surface area contributed by atoms with Crippen LogP contribution >= 0.6 is 12.4 Å². The molecule has 1 heterocycles. The lowest BCUT2D eigenvalue weighted by Crippen LogP contribution is -2.36. The molecule has 0 bridgehead atoms. The number of nitrogens with zero attached hydrogens (tertiary/aromatic N) is 1. The van der Waals surface area contributed by atoms with Gasteiger partial charge >= 0.3 is 5.97 Å². The minimum absolute atomic E-state index is 0. The van der Waals surface area contributed by atoms with E-state index in [1.54, 1.807) is 0 Å². The zero-order chi connectivity index (χ0) is 16.7. The molecule has 7 heteroatoms. The number of carbonyl (C=O) groups is 2. The molecule has 1 amide bonds. The van der Waals surface area contributed by atoms with Crippen LogP contribution in [0.15, 0.2) is 24.3 Å². The summed E-state index contributed by atoms with van der Waals surface area (Å²) in [5.41, 5.74) is 2.14. The molecule has 1 aromatic carbocycles. The van der Waals surface area contributed by atoms with Crippen molar-refractivity contribution in [1.82, 2.24) is 10.2 Å². The van der Waals surface area contributed by atoms with E-state index in [-0.39, 0.29) is 30.8 Å². The van der Waals surface area contributed by atoms with E-state index in [4.69, 9.17) is 9.84 Å². The molecule has 1 atom stereocenters. The number of carboxylic acids is 1. The molecule has 24 heavy (non-hydrogen) atoms. The van der Waals surface area contributed by atoms with Crippen molar-refractivity contribution >= 4 is 24.3 Å². The van der Waals surface area contributed by atoms with Crippen molar-refractivity contribution in [1.29, 1.82) is 0 Å². The van der Waals surface area contributed by atoms with E-state index in [1.165, 1.54) is 0 Å². The molecule has 0 radical (unpaired) electrons. The summed E-state index contributed by atoms with van der Waals surface area (Å²) in [4.78, 5) is 24.7. The summed E-state index contributed by atoms with van der Waals surface area (Å²) in [5.74, 6) is -1.20. The highest BCUT2D eigenvalue weighted by atomic mass is 35.5. The van der Waals surface area contributed by atoms with E-state index >= 15 is 0 Å². The molecule has 0 spiro atoms. The van der Waals surface area contributed by atoms with Gasteiger partial charge in [-0.25, -0.2) is 0 Å². The van der Waals surface area contributed by atoms with Gasteiger partial charge in [0.05, 0.1) is 19.1 Å². The van der Waals surface area contributed by atoms with Crippen LogP contribution in [0.2, 0.25) is 0 Å². The van der Waals surface area contributed by atoms with E-state index in [0.29, 0.717) is 39.3 Å². The lowest BCUT2D eigenvalue weighted by molar-refractivity contribution is -0.141. The lowest BCUT2D eigenvalue weighted by atomic mass is 10.1. The first kappa shape index (κ1) is 20.4. The van der Waals surface area contributed by atoms with Gasteiger partial charge in [-0.3, -0.25) is 14.5 Å². The summed E-state index contributed by atoms with van der Waals surface area (Å²) in [6.07, 6.45) is 0.615. The maximum Gasteiger partial charge on any atom is 0.307 e. The Balaban J connectivity index is 0.00000288. The highest BCUT2D eigenvalue weighted by Gasteiger charge is 2.28. The van der Waals surface area contributed by atoms with Crippen LogP contribution in [0.4, 0.5) is 0 Å². The minimum atomic E-state index is -0.778. The number of hydrogen-bond donors (Lipinski definition) is 2. The van der Waals surface area contributed by atoms with Gasteiger partial charge < -0.3 is 15.2 Å². The number of halogens is 1. The number of nitrogens with one attached hydrogen (secondary N) is 1. The molecule has 1 fully saturated rings. The van der Waals surface area contributed by atoms with Crippen LogP contribution in [0, 0.1) is 5.92 Å². The number of amides is 1. The van der Waals surface area contributed by atoms with Gasteiger partial charge in [0, 0.05) is 19.7 Å². The van der Waals surface area contributed by atoms with Crippen LogP contribution in [0.3, 0.4) is 0 Å². The van der Waals surface area contributed by atoms with Crippen molar-refractivity contribution in [2.24, 2.45) is 5.92 Å². The Hall–Kier alpha value is -1.63. The Bertz CT molecular complexity index is 536. The van der Waals surface area contributed by atoms with Gasteiger partial charge in [-0.1, -0.05) is 24.3 Å². The molecule has 2 rings (SSSR count). The van der Waals surface area contributed by atoms with Crippen LogP contribution < -0.4 is 5.32 Å². The van der Waals surface area contributed by atoms with Crippen molar-refractivity contribution in [3.63, 3.8) is 0 Å². The summed E-state index contributed by atoms with van der Waals surface area (Å²) >= 11 is 0. The number of carboxylic acid groups (broad SMARTS) is 1. The third kappa shape index (κ3) is 6.47. The first-order valence-electron chi connectivity index (χ1n) is 7.96. The van der Waals surface area contributed by atoms with Gasteiger partial charge in [0.15, 0.2) is 0 Å². The molecule has 0 aromatic heterocycles. The molecule has 1 saturated heterocycles. The quantitative estimate of drug-likeness (QED) is 0.740. The van der Waals surface area contributed by atoms with E-state index in [9.17, 15) is 9.59 Å². The first-order valence-corrected chi connectivity index (χ1v) is 7.96. The predicted octanol–water partition coefficient (Wildman–Crippen LogP) is 1.67. The van der Waals surface area contributed by atoms with Crippen molar-refractivity contribution in [3.05, 3.63) is 35.4 Å². The second-order valence-electron chi connectivity index (χ2n) is 5.79. The summed E-state index contributed by atoms with van der Waals surface area (Å²) in [7, 11) is 0. The van der Waals surface area contributed by atoms with Gasteiger partial charge in [0.25, 0.3) is 0 Å². The van der Waals surface area contributed by atoms with Gasteiger partial charge in [-0.15, -0.1) is 12.4 Å². The van der Waals surface area contributed by atoms with Crippen LogP contribution in [0.1, 0.15) is 24.5 Å². The third-order valence-electron chi connectivity index (χ3n) is 3.97. The molecule has 1 aromatic rings. The lowest BCUT2D eigenvalue weighted by Gasteiger charge is -2.14. The summed E-state index contributed by atoms with van der Waals surface area (Å²) in [6, 6.07) is 7.94. The Morgan fingerprint density at radius 3 is 2.54 bits per heavy atom. The molecular formula is C17H25ClN2O4. The maximum absolute atomic E-state index is 11.9. The zero-order valence-corrected chi connectivity index (χ0v) is 14.7. The molecule has 134 valence electrons. The van der Waals surface area contributed by atoms with Crippen molar-refractivity contribution in [3.8, 4) is 0 Å². The van der Waals surface area contributed by atoms with Gasteiger partial charge in [-0.05, 0) is 31.0 Å². The summed E-state index contributed by atoms with van der Waals surface area (Å²) in [6.45, 7) is 5.10. The Labute approximate surface area is 148 Å². The number of benzene rings is 1. The molecular weight excluding hydrogens is 332 g/mol. The molecule has 1 unspecified atom stereocenters. The number of hydrogen-bond acceptors (Lipinski definition) is 4. The van der Waals surface area contributed by atoms with E-state index in [1.807, 2.05) is 36.1 Å². The van der Waals surface area contributed by atoms with Crippen molar-refractivity contribution < 1.29 is 19.4 Å². The van der Waals surface area contributed by atoms with Crippen molar-refractivity contribution in [2.45, 2.75) is 26.5 Å². The Morgan fingerprint density at radius 2 is 1.96 bits per heavy atom. The SMILES string of the molecule is CCOCc1ccc(CNC(=O)CN2CCC(C(=O)O)C2)cc1.Cl. The maximum atomic E-state index is 11.9. The van der Waals surface area contributed by atoms with Crippen LogP contribution in [0.25, 0.3) is 0 Å². The molecule has 1 aliphatic rings. The van der Waals surface area contributed by atoms with Crippen LogP contribution in [0.5, 0.6) is 0 Å². The fraction of sp³-hybridized carbons (Fsp3) is 0.529. The van der Waals surface area contributed by atoms with Gasteiger partial charge in [-0.2, -0.15) is 0 Å². The van der Waals surface area contributed by atoms with Crippen LogP contribution in [-0.4, -0.2) is 48.1 Å². The van der Waals surface area contributed by atoms with Gasteiger partial charge in [0.1, 0.15) is 0 Å².